The molecule has 2 aliphatic carbocycles. The van der Waals surface area contributed by atoms with Crippen molar-refractivity contribution in [1.82, 2.24) is 15.0 Å². The van der Waals surface area contributed by atoms with Crippen LogP contribution in [0.4, 0.5) is 0 Å². The van der Waals surface area contributed by atoms with E-state index in [1.807, 2.05) is 24.3 Å². The maximum absolute atomic E-state index is 13.1. The van der Waals surface area contributed by atoms with E-state index in [4.69, 9.17) is 4.52 Å². The second kappa shape index (κ2) is 4.75. The monoisotopic (exact) mass is 323 g/mol. The fraction of sp³-hybridized carbons (Fsp3) is 0.444. The minimum Gasteiger partial charge on any atom is -0.339 e. The number of hydrogen-bond donors (Lipinski definition) is 0. The van der Waals surface area contributed by atoms with Crippen molar-refractivity contribution < 1.29 is 14.1 Å². The Labute approximate surface area is 138 Å². The first-order valence-electron chi connectivity index (χ1n) is 8.43. The summed E-state index contributed by atoms with van der Waals surface area (Å²) in [5.74, 6) is 1.15. The molecule has 0 radical (unpaired) electrons. The molecule has 1 saturated heterocycles. The SMILES string of the molecule is O=C1CC2(CCc3ccccc32)C(=O)N1Cc1noc(C2CC2)n1. The molecule has 0 bridgehead atoms. The summed E-state index contributed by atoms with van der Waals surface area (Å²) in [4.78, 5) is 31.3. The highest BCUT2D eigenvalue weighted by Crippen LogP contribution is 2.47. The summed E-state index contributed by atoms with van der Waals surface area (Å²) in [6, 6.07) is 7.95. The number of rotatable bonds is 3. The summed E-state index contributed by atoms with van der Waals surface area (Å²) >= 11 is 0. The van der Waals surface area contributed by atoms with Gasteiger partial charge in [0, 0.05) is 12.3 Å². The predicted octanol–water partition coefficient (Wildman–Crippen LogP) is 2.09. The molecule has 1 saturated carbocycles. The first-order valence-corrected chi connectivity index (χ1v) is 8.43. The number of nitrogens with zero attached hydrogens (tertiary/aromatic N) is 3. The number of fused-ring (bicyclic) bond motifs is 2. The van der Waals surface area contributed by atoms with Crippen LogP contribution in [0.15, 0.2) is 28.8 Å². The second-order valence-corrected chi connectivity index (χ2v) is 7.02. The van der Waals surface area contributed by atoms with E-state index in [9.17, 15) is 9.59 Å². The lowest BCUT2D eigenvalue weighted by Gasteiger charge is -2.22. The van der Waals surface area contributed by atoms with E-state index in [0.29, 0.717) is 24.1 Å². The molecule has 2 amide bonds. The number of benzene rings is 1. The van der Waals surface area contributed by atoms with Crippen molar-refractivity contribution in [2.75, 3.05) is 0 Å². The summed E-state index contributed by atoms with van der Waals surface area (Å²) < 4.78 is 5.23. The van der Waals surface area contributed by atoms with E-state index in [-0.39, 0.29) is 24.8 Å². The lowest BCUT2D eigenvalue weighted by Crippen LogP contribution is -2.37. The zero-order valence-corrected chi connectivity index (χ0v) is 13.2. The Hall–Kier alpha value is -2.50. The molecule has 6 heteroatoms. The Morgan fingerprint density at radius 3 is 2.92 bits per heavy atom. The first kappa shape index (κ1) is 13.9. The highest BCUT2D eigenvalue weighted by atomic mass is 16.5. The first-order chi connectivity index (χ1) is 11.7. The van der Waals surface area contributed by atoms with Crippen molar-refractivity contribution in [3.05, 3.63) is 47.1 Å². The molecule has 5 rings (SSSR count). The van der Waals surface area contributed by atoms with Gasteiger partial charge in [0.15, 0.2) is 5.82 Å². The van der Waals surface area contributed by atoms with Crippen molar-refractivity contribution in [3.8, 4) is 0 Å². The summed E-state index contributed by atoms with van der Waals surface area (Å²) in [7, 11) is 0. The molecule has 1 unspecified atom stereocenters. The summed E-state index contributed by atoms with van der Waals surface area (Å²) in [5, 5.41) is 3.94. The van der Waals surface area contributed by atoms with Gasteiger partial charge in [0.1, 0.15) is 0 Å². The molecule has 2 heterocycles. The molecule has 2 aromatic rings. The van der Waals surface area contributed by atoms with E-state index in [1.165, 1.54) is 10.5 Å². The van der Waals surface area contributed by atoms with Gasteiger partial charge < -0.3 is 4.52 Å². The number of aryl methyl sites for hydroxylation is 1. The maximum atomic E-state index is 13.1. The van der Waals surface area contributed by atoms with Gasteiger partial charge in [0.25, 0.3) is 0 Å². The zero-order chi connectivity index (χ0) is 16.3. The fourth-order valence-electron chi connectivity index (χ4n) is 4.02. The number of carbonyl (C=O) groups is 2. The van der Waals surface area contributed by atoms with Gasteiger partial charge in [-0.05, 0) is 36.8 Å². The molecule has 122 valence electrons. The van der Waals surface area contributed by atoms with Gasteiger partial charge in [-0.15, -0.1) is 0 Å². The van der Waals surface area contributed by atoms with Gasteiger partial charge >= 0.3 is 0 Å². The highest BCUT2D eigenvalue weighted by molar-refractivity contribution is 6.09. The molecule has 0 N–H and O–H groups in total. The van der Waals surface area contributed by atoms with E-state index in [2.05, 4.69) is 10.1 Å². The Bertz CT molecular complexity index is 855. The predicted molar refractivity (Wildman–Crippen MR) is 82.9 cm³/mol. The van der Waals surface area contributed by atoms with Crippen molar-refractivity contribution in [3.63, 3.8) is 0 Å². The van der Waals surface area contributed by atoms with Crippen LogP contribution in [-0.4, -0.2) is 26.9 Å². The normalized spacial score (nSPS) is 25.8. The molecule has 1 aliphatic heterocycles. The minimum absolute atomic E-state index is 0.109. The Balaban J connectivity index is 1.44. The Morgan fingerprint density at radius 1 is 1.25 bits per heavy atom. The quantitative estimate of drug-likeness (QED) is 0.808. The van der Waals surface area contributed by atoms with Crippen LogP contribution < -0.4 is 0 Å². The van der Waals surface area contributed by atoms with Gasteiger partial charge in [-0.25, -0.2) is 0 Å². The van der Waals surface area contributed by atoms with Crippen molar-refractivity contribution in [2.24, 2.45) is 0 Å². The van der Waals surface area contributed by atoms with Gasteiger partial charge in [-0.3, -0.25) is 14.5 Å². The van der Waals surface area contributed by atoms with Crippen LogP contribution >= 0.6 is 0 Å². The summed E-state index contributed by atoms with van der Waals surface area (Å²) in [6.07, 6.45) is 3.94. The average molecular weight is 323 g/mol. The van der Waals surface area contributed by atoms with Crippen LogP contribution in [0.1, 0.15) is 54.4 Å². The number of hydrogen-bond acceptors (Lipinski definition) is 5. The van der Waals surface area contributed by atoms with Crippen LogP contribution in [0, 0.1) is 0 Å². The molecule has 6 nitrogen and oxygen atoms in total. The third kappa shape index (κ3) is 1.89. The molecule has 3 aliphatic rings. The lowest BCUT2D eigenvalue weighted by molar-refractivity contribution is -0.140. The van der Waals surface area contributed by atoms with Gasteiger partial charge in [-0.2, -0.15) is 4.98 Å². The topological polar surface area (TPSA) is 76.3 Å². The third-order valence-electron chi connectivity index (χ3n) is 5.47. The van der Waals surface area contributed by atoms with Crippen molar-refractivity contribution in [2.45, 2.75) is 50.0 Å². The molecular formula is C18H17N3O3. The van der Waals surface area contributed by atoms with Gasteiger partial charge in [-0.1, -0.05) is 29.4 Å². The molecule has 1 aromatic carbocycles. The van der Waals surface area contributed by atoms with E-state index in [1.54, 1.807) is 0 Å². The smallest absolute Gasteiger partial charge is 0.240 e. The lowest BCUT2D eigenvalue weighted by atomic mass is 9.80. The summed E-state index contributed by atoms with van der Waals surface area (Å²) in [6.45, 7) is 0.109. The number of likely N-dealkylation sites (tertiary alicyclic amines) is 1. The number of amides is 2. The highest BCUT2D eigenvalue weighted by Gasteiger charge is 2.55. The van der Waals surface area contributed by atoms with Crippen LogP contribution in [0.5, 0.6) is 0 Å². The van der Waals surface area contributed by atoms with Crippen molar-refractivity contribution in [1.29, 1.82) is 0 Å². The zero-order valence-electron chi connectivity index (χ0n) is 13.2. The minimum atomic E-state index is -0.684. The standard InChI is InChI=1S/C18H17N3O3/c22-15-9-18(8-7-11-3-1-2-4-13(11)18)17(23)21(15)10-14-19-16(24-20-14)12-5-6-12/h1-4,12H,5-10H2. The van der Waals surface area contributed by atoms with E-state index < -0.39 is 5.41 Å². The van der Waals surface area contributed by atoms with E-state index >= 15 is 0 Å². The molecule has 24 heavy (non-hydrogen) atoms. The van der Waals surface area contributed by atoms with Gasteiger partial charge in [0.05, 0.1) is 12.0 Å². The van der Waals surface area contributed by atoms with Crippen LogP contribution in [-0.2, 0) is 28.0 Å². The van der Waals surface area contributed by atoms with Crippen LogP contribution in [0.25, 0.3) is 0 Å². The number of aromatic nitrogens is 2. The molecule has 1 atom stereocenters. The molecule has 1 spiro atoms. The maximum Gasteiger partial charge on any atom is 0.240 e. The molecule has 2 fully saturated rings. The Kier molecular flexibility index (Phi) is 2.75. The van der Waals surface area contributed by atoms with Crippen LogP contribution in [0.3, 0.4) is 0 Å². The average Bonchev–Trinajstić information content (AvgIpc) is 3.15. The number of imide groups is 1. The summed E-state index contributed by atoms with van der Waals surface area (Å²) in [5.41, 5.74) is 1.50. The molecule has 1 aromatic heterocycles. The second-order valence-electron chi connectivity index (χ2n) is 7.02. The van der Waals surface area contributed by atoms with E-state index in [0.717, 1.165) is 24.8 Å². The fourth-order valence-corrected chi connectivity index (χ4v) is 4.02. The largest absolute Gasteiger partial charge is 0.339 e. The van der Waals surface area contributed by atoms with Gasteiger partial charge in [0.2, 0.25) is 17.7 Å². The van der Waals surface area contributed by atoms with Crippen LogP contribution in [0.2, 0.25) is 0 Å². The number of carbonyl (C=O) groups excluding carboxylic acids is 2. The molecular weight excluding hydrogens is 306 g/mol. The third-order valence-corrected chi connectivity index (χ3v) is 5.47. The Morgan fingerprint density at radius 2 is 2.08 bits per heavy atom. The van der Waals surface area contributed by atoms with Crippen molar-refractivity contribution >= 4 is 11.8 Å².